The van der Waals surface area contributed by atoms with Crippen molar-refractivity contribution in [3.63, 3.8) is 0 Å². The molecule has 2 aromatic heterocycles. The average molecular weight is 278 g/mol. The number of carboxylic acids is 1. The summed E-state index contributed by atoms with van der Waals surface area (Å²) in [5.41, 5.74) is 0. The molecule has 1 atom stereocenters. The van der Waals surface area contributed by atoms with Crippen LogP contribution in [0.5, 0.6) is 0 Å². The van der Waals surface area contributed by atoms with E-state index in [2.05, 4.69) is 10.6 Å². The Balaban J connectivity index is 1.81. The topological polar surface area (TPSA) is 105 Å². The van der Waals surface area contributed by atoms with Crippen LogP contribution in [0.4, 0.5) is 4.79 Å². The predicted molar refractivity (Wildman–Crippen MR) is 68.2 cm³/mol. The third kappa shape index (κ3) is 3.41. The van der Waals surface area contributed by atoms with Gasteiger partial charge in [0.25, 0.3) is 0 Å². The Morgan fingerprint density at radius 2 is 2.15 bits per heavy atom. The second-order valence-corrected chi connectivity index (χ2v) is 4.14. The maximum Gasteiger partial charge on any atom is 0.371 e. The lowest BCUT2D eigenvalue weighted by Crippen LogP contribution is -2.36. The van der Waals surface area contributed by atoms with Gasteiger partial charge in [0, 0.05) is 0 Å². The maximum atomic E-state index is 11.6. The Kier molecular flexibility index (Phi) is 4.09. The summed E-state index contributed by atoms with van der Waals surface area (Å²) in [5, 5.41) is 13.9. The molecule has 0 aliphatic heterocycles. The van der Waals surface area contributed by atoms with Crippen LogP contribution >= 0.6 is 0 Å². The van der Waals surface area contributed by atoms with Crippen LogP contribution in [-0.4, -0.2) is 17.1 Å². The largest absolute Gasteiger partial charge is 0.475 e. The molecule has 0 saturated carbocycles. The van der Waals surface area contributed by atoms with Crippen molar-refractivity contribution < 1.29 is 23.5 Å². The fourth-order valence-electron chi connectivity index (χ4n) is 1.61. The van der Waals surface area contributed by atoms with Gasteiger partial charge in [-0.15, -0.1) is 0 Å². The fraction of sp³-hybridized carbons (Fsp3) is 0.231. The molecule has 0 saturated heterocycles. The summed E-state index contributed by atoms with van der Waals surface area (Å²) in [6.07, 6.45) is 1.53. The van der Waals surface area contributed by atoms with Crippen LogP contribution in [0, 0.1) is 0 Å². The SMILES string of the molecule is CC(NC(=O)NCc1ccc(C(=O)O)o1)c1ccco1. The van der Waals surface area contributed by atoms with Gasteiger partial charge in [0.1, 0.15) is 11.5 Å². The van der Waals surface area contributed by atoms with E-state index in [1.54, 1.807) is 19.1 Å². The summed E-state index contributed by atoms with van der Waals surface area (Å²) in [6, 6.07) is 5.67. The van der Waals surface area contributed by atoms with Crippen LogP contribution in [0.3, 0.4) is 0 Å². The lowest BCUT2D eigenvalue weighted by atomic mass is 10.2. The van der Waals surface area contributed by atoms with Crippen molar-refractivity contribution in [2.45, 2.75) is 19.5 Å². The minimum absolute atomic E-state index is 0.101. The average Bonchev–Trinajstić information content (AvgIpc) is 3.07. The van der Waals surface area contributed by atoms with Crippen molar-refractivity contribution in [1.29, 1.82) is 0 Å². The van der Waals surface area contributed by atoms with Gasteiger partial charge >= 0.3 is 12.0 Å². The summed E-state index contributed by atoms with van der Waals surface area (Å²) >= 11 is 0. The highest BCUT2D eigenvalue weighted by Gasteiger charge is 2.13. The van der Waals surface area contributed by atoms with Gasteiger partial charge in [-0.1, -0.05) is 0 Å². The van der Waals surface area contributed by atoms with Gasteiger partial charge in [0.2, 0.25) is 5.76 Å². The molecule has 20 heavy (non-hydrogen) atoms. The highest BCUT2D eigenvalue weighted by atomic mass is 16.4. The van der Waals surface area contributed by atoms with Gasteiger partial charge in [-0.25, -0.2) is 9.59 Å². The van der Waals surface area contributed by atoms with Crippen molar-refractivity contribution in [3.05, 3.63) is 47.8 Å². The monoisotopic (exact) mass is 278 g/mol. The number of rotatable bonds is 5. The zero-order valence-corrected chi connectivity index (χ0v) is 10.8. The Bertz CT molecular complexity index is 588. The predicted octanol–water partition coefficient (Wildman–Crippen LogP) is 2.13. The zero-order chi connectivity index (χ0) is 14.5. The number of hydrogen-bond acceptors (Lipinski definition) is 4. The number of urea groups is 1. The molecule has 7 heteroatoms. The minimum atomic E-state index is -1.15. The molecule has 2 amide bonds. The number of amides is 2. The molecule has 3 N–H and O–H groups in total. The third-order valence-corrected chi connectivity index (χ3v) is 2.61. The third-order valence-electron chi connectivity index (χ3n) is 2.61. The Morgan fingerprint density at radius 1 is 1.35 bits per heavy atom. The Labute approximate surface area is 114 Å². The molecule has 106 valence electrons. The van der Waals surface area contributed by atoms with Crippen molar-refractivity contribution in [1.82, 2.24) is 10.6 Å². The standard InChI is InChI=1S/C13H14N2O5/c1-8(10-3-2-6-19-10)15-13(18)14-7-9-4-5-11(20-9)12(16)17/h2-6,8H,7H2,1H3,(H,16,17)(H2,14,15,18). The highest BCUT2D eigenvalue weighted by Crippen LogP contribution is 2.12. The van der Waals surface area contributed by atoms with E-state index in [0.717, 1.165) is 0 Å². The first-order valence-corrected chi connectivity index (χ1v) is 5.96. The molecule has 0 spiro atoms. The van der Waals surface area contributed by atoms with Crippen LogP contribution in [-0.2, 0) is 6.54 Å². The van der Waals surface area contributed by atoms with Crippen LogP contribution < -0.4 is 10.6 Å². The Hall–Kier alpha value is -2.70. The molecule has 2 aromatic rings. The van der Waals surface area contributed by atoms with Crippen molar-refractivity contribution in [2.24, 2.45) is 0 Å². The van der Waals surface area contributed by atoms with E-state index < -0.39 is 12.0 Å². The summed E-state index contributed by atoms with van der Waals surface area (Å²) in [5.74, 6) is -0.298. The summed E-state index contributed by atoms with van der Waals surface area (Å²) in [7, 11) is 0. The number of carbonyl (C=O) groups excluding carboxylic acids is 1. The van der Waals surface area contributed by atoms with Crippen molar-refractivity contribution in [3.8, 4) is 0 Å². The molecular weight excluding hydrogens is 264 g/mol. The first-order chi connectivity index (χ1) is 9.56. The summed E-state index contributed by atoms with van der Waals surface area (Å²) < 4.78 is 10.2. The van der Waals surface area contributed by atoms with Gasteiger partial charge in [-0.3, -0.25) is 0 Å². The van der Waals surface area contributed by atoms with Gasteiger partial charge in [0.15, 0.2) is 0 Å². The van der Waals surface area contributed by atoms with Crippen LogP contribution in [0.2, 0.25) is 0 Å². The first kappa shape index (κ1) is 13.7. The molecule has 0 bridgehead atoms. The quantitative estimate of drug-likeness (QED) is 0.777. The van der Waals surface area contributed by atoms with Gasteiger partial charge in [0.05, 0.1) is 18.8 Å². The van der Waals surface area contributed by atoms with Crippen molar-refractivity contribution >= 4 is 12.0 Å². The zero-order valence-electron chi connectivity index (χ0n) is 10.8. The molecule has 0 radical (unpaired) electrons. The lowest BCUT2D eigenvalue weighted by Gasteiger charge is -2.11. The van der Waals surface area contributed by atoms with Crippen molar-refractivity contribution in [2.75, 3.05) is 0 Å². The second kappa shape index (κ2) is 5.96. The van der Waals surface area contributed by atoms with Gasteiger partial charge < -0.3 is 24.6 Å². The summed E-state index contributed by atoms with van der Waals surface area (Å²) in [4.78, 5) is 22.3. The summed E-state index contributed by atoms with van der Waals surface area (Å²) in [6.45, 7) is 1.89. The second-order valence-electron chi connectivity index (χ2n) is 4.14. The van der Waals surface area contributed by atoms with E-state index >= 15 is 0 Å². The lowest BCUT2D eigenvalue weighted by molar-refractivity contribution is 0.0660. The smallest absolute Gasteiger partial charge is 0.371 e. The van der Waals surface area contributed by atoms with Crippen LogP contribution in [0.1, 0.15) is 35.0 Å². The van der Waals surface area contributed by atoms with Crippen LogP contribution in [0.15, 0.2) is 39.4 Å². The maximum absolute atomic E-state index is 11.6. The molecule has 2 heterocycles. The number of carboxylic acid groups (broad SMARTS) is 1. The molecule has 0 aromatic carbocycles. The number of furan rings is 2. The highest BCUT2D eigenvalue weighted by molar-refractivity contribution is 5.84. The normalized spacial score (nSPS) is 11.8. The van der Waals surface area contributed by atoms with Gasteiger partial charge in [-0.2, -0.15) is 0 Å². The number of aromatic carboxylic acids is 1. The number of hydrogen-bond donors (Lipinski definition) is 3. The van der Waals surface area contributed by atoms with E-state index in [-0.39, 0.29) is 18.3 Å². The molecule has 7 nitrogen and oxygen atoms in total. The molecule has 0 aliphatic carbocycles. The van der Waals surface area contributed by atoms with Gasteiger partial charge in [-0.05, 0) is 31.2 Å². The number of carbonyl (C=O) groups is 2. The van der Waals surface area contributed by atoms with E-state index in [0.29, 0.717) is 11.5 Å². The molecular formula is C13H14N2O5. The molecule has 2 rings (SSSR count). The van der Waals surface area contributed by atoms with E-state index in [9.17, 15) is 9.59 Å². The Morgan fingerprint density at radius 3 is 2.75 bits per heavy atom. The first-order valence-electron chi connectivity index (χ1n) is 5.96. The van der Waals surface area contributed by atoms with E-state index in [1.165, 1.54) is 18.4 Å². The number of nitrogens with one attached hydrogen (secondary N) is 2. The molecule has 0 fully saturated rings. The van der Waals surface area contributed by atoms with Crippen LogP contribution in [0.25, 0.3) is 0 Å². The van der Waals surface area contributed by atoms with E-state index in [1.807, 2.05) is 0 Å². The minimum Gasteiger partial charge on any atom is -0.475 e. The molecule has 1 unspecified atom stereocenters. The molecule has 0 aliphatic rings. The fourth-order valence-corrected chi connectivity index (χ4v) is 1.61. The van der Waals surface area contributed by atoms with E-state index in [4.69, 9.17) is 13.9 Å².